The van der Waals surface area contributed by atoms with Crippen LogP contribution in [0, 0.1) is 5.92 Å². The van der Waals surface area contributed by atoms with Crippen molar-refractivity contribution in [1.82, 2.24) is 15.0 Å². The van der Waals surface area contributed by atoms with E-state index in [1.807, 2.05) is 17.8 Å². The van der Waals surface area contributed by atoms with E-state index >= 15 is 0 Å². The van der Waals surface area contributed by atoms with Crippen molar-refractivity contribution in [3.05, 3.63) is 11.9 Å². The Balaban J connectivity index is 1.53. The van der Waals surface area contributed by atoms with E-state index in [1.54, 1.807) is 7.11 Å². The second kappa shape index (κ2) is 5.79. The van der Waals surface area contributed by atoms with Crippen LogP contribution in [0.3, 0.4) is 0 Å². The lowest BCUT2D eigenvalue weighted by molar-refractivity contribution is -0.183. The summed E-state index contributed by atoms with van der Waals surface area (Å²) in [6, 6.07) is 0. The van der Waals surface area contributed by atoms with Gasteiger partial charge in [0, 0.05) is 26.5 Å². The second-order valence-electron chi connectivity index (χ2n) is 5.79. The number of hydrogen-bond acceptors (Lipinski definition) is 5. The lowest BCUT2D eigenvalue weighted by atomic mass is 9.85. The van der Waals surface area contributed by atoms with Crippen molar-refractivity contribution in [3.8, 4) is 0 Å². The molecule has 1 aromatic heterocycles. The van der Waals surface area contributed by atoms with Gasteiger partial charge in [-0.1, -0.05) is 5.21 Å². The fourth-order valence-corrected chi connectivity index (χ4v) is 3.06. The summed E-state index contributed by atoms with van der Waals surface area (Å²) in [6.45, 7) is 4.38. The number of ether oxygens (including phenoxy) is 3. The largest absolute Gasteiger partial charge is 0.375 e. The van der Waals surface area contributed by atoms with Crippen LogP contribution in [0.2, 0.25) is 0 Å². The van der Waals surface area contributed by atoms with Gasteiger partial charge in [-0.15, -0.1) is 5.10 Å². The Bertz CT molecular complexity index is 433. The first-order valence-corrected chi connectivity index (χ1v) is 7.41. The maximum absolute atomic E-state index is 5.76. The first kappa shape index (κ1) is 14.0. The van der Waals surface area contributed by atoms with Crippen LogP contribution in [0.4, 0.5) is 0 Å². The highest BCUT2D eigenvalue weighted by Crippen LogP contribution is 2.38. The van der Waals surface area contributed by atoms with Gasteiger partial charge in [0.25, 0.3) is 0 Å². The molecule has 1 atom stereocenters. The Morgan fingerprint density at radius 3 is 2.75 bits per heavy atom. The molecular formula is C14H23N3O3. The predicted molar refractivity (Wildman–Crippen MR) is 72.0 cm³/mol. The van der Waals surface area contributed by atoms with Gasteiger partial charge in [0.15, 0.2) is 5.79 Å². The molecule has 2 heterocycles. The number of nitrogens with zero attached hydrogens (tertiary/aromatic N) is 3. The van der Waals surface area contributed by atoms with E-state index in [1.165, 1.54) is 0 Å². The summed E-state index contributed by atoms with van der Waals surface area (Å²) in [5, 5.41) is 8.35. The van der Waals surface area contributed by atoms with Crippen molar-refractivity contribution >= 4 is 0 Å². The van der Waals surface area contributed by atoms with Crippen LogP contribution in [0.5, 0.6) is 0 Å². The zero-order valence-corrected chi connectivity index (χ0v) is 12.2. The summed E-state index contributed by atoms with van der Waals surface area (Å²) < 4.78 is 18.7. The van der Waals surface area contributed by atoms with Crippen LogP contribution < -0.4 is 0 Å². The molecule has 1 aliphatic heterocycles. The third-order valence-corrected chi connectivity index (χ3v) is 4.45. The molecule has 1 spiro atoms. The van der Waals surface area contributed by atoms with E-state index in [-0.39, 0.29) is 11.9 Å². The number of aromatic nitrogens is 3. The van der Waals surface area contributed by atoms with Crippen molar-refractivity contribution in [2.45, 2.75) is 51.0 Å². The van der Waals surface area contributed by atoms with Gasteiger partial charge in [0.2, 0.25) is 0 Å². The van der Waals surface area contributed by atoms with E-state index in [0.29, 0.717) is 5.92 Å². The average Bonchev–Trinajstić information content (AvgIpc) is 3.11. The molecule has 0 radical (unpaired) electrons. The standard InChI is InChI=1S/C14H23N3O3/c1-11(18-2)13-10-17(16-15-13)9-12-3-5-14(6-4-12)19-7-8-20-14/h10-12H,3-9H2,1-2H3. The van der Waals surface area contributed by atoms with Gasteiger partial charge < -0.3 is 14.2 Å². The lowest BCUT2D eigenvalue weighted by Crippen LogP contribution is -2.36. The highest BCUT2D eigenvalue weighted by Gasteiger charge is 2.40. The van der Waals surface area contributed by atoms with Gasteiger partial charge in [0.05, 0.1) is 25.5 Å². The Hall–Kier alpha value is -0.980. The van der Waals surface area contributed by atoms with Gasteiger partial charge >= 0.3 is 0 Å². The van der Waals surface area contributed by atoms with Crippen molar-refractivity contribution in [1.29, 1.82) is 0 Å². The van der Waals surface area contributed by atoms with Crippen LogP contribution in [0.25, 0.3) is 0 Å². The fraction of sp³-hybridized carbons (Fsp3) is 0.857. The molecule has 6 nitrogen and oxygen atoms in total. The zero-order chi connectivity index (χ0) is 14.0. The Labute approximate surface area is 119 Å². The zero-order valence-electron chi connectivity index (χ0n) is 12.2. The van der Waals surface area contributed by atoms with Crippen LogP contribution in [0.15, 0.2) is 6.20 Å². The van der Waals surface area contributed by atoms with Crippen LogP contribution in [-0.4, -0.2) is 41.1 Å². The van der Waals surface area contributed by atoms with Crippen molar-refractivity contribution in [3.63, 3.8) is 0 Å². The molecule has 2 fully saturated rings. The first-order chi connectivity index (χ1) is 9.71. The van der Waals surface area contributed by atoms with Crippen LogP contribution >= 0.6 is 0 Å². The molecule has 0 aromatic carbocycles. The van der Waals surface area contributed by atoms with Gasteiger partial charge in [-0.25, -0.2) is 0 Å². The van der Waals surface area contributed by atoms with Crippen molar-refractivity contribution in [2.24, 2.45) is 5.92 Å². The molecule has 1 unspecified atom stereocenters. The van der Waals surface area contributed by atoms with Gasteiger partial charge in [-0.2, -0.15) is 0 Å². The topological polar surface area (TPSA) is 58.4 Å². The summed E-state index contributed by atoms with van der Waals surface area (Å²) >= 11 is 0. The minimum Gasteiger partial charge on any atom is -0.375 e. The highest BCUT2D eigenvalue weighted by atomic mass is 16.7. The first-order valence-electron chi connectivity index (χ1n) is 7.41. The molecule has 0 bridgehead atoms. The maximum Gasteiger partial charge on any atom is 0.168 e. The van der Waals surface area contributed by atoms with E-state index in [9.17, 15) is 0 Å². The van der Waals surface area contributed by atoms with E-state index in [0.717, 1.165) is 51.1 Å². The van der Waals surface area contributed by atoms with Gasteiger partial charge in [-0.3, -0.25) is 4.68 Å². The van der Waals surface area contributed by atoms with Crippen LogP contribution in [-0.2, 0) is 20.8 Å². The summed E-state index contributed by atoms with van der Waals surface area (Å²) in [4.78, 5) is 0. The molecule has 2 aliphatic rings. The van der Waals surface area contributed by atoms with Crippen molar-refractivity contribution in [2.75, 3.05) is 20.3 Å². The monoisotopic (exact) mass is 281 g/mol. The molecule has 1 aromatic rings. The SMILES string of the molecule is COC(C)c1cn(CC2CCC3(CC2)OCCO3)nn1. The number of hydrogen-bond donors (Lipinski definition) is 0. The molecule has 20 heavy (non-hydrogen) atoms. The lowest BCUT2D eigenvalue weighted by Gasteiger charge is -2.35. The summed E-state index contributed by atoms with van der Waals surface area (Å²) in [7, 11) is 1.69. The quantitative estimate of drug-likeness (QED) is 0.844. The van der Waals surface area contributed by atoms with E-state index < -0.39 is 0 Å². The predicted octanol–water partition coefficient (Wildman–Crippen LogP) is 1.92. The number of rotatable bonds is 4. The van der Waals surface area contributed by atoms with Gasteiger partial charge in [-0.05, 0) is 25.7 Å². The Kier molecular flexibility index (Phi) is 4.05. The van der Waals surface area contributed by atoms with Gasteiger partial charge in [0.1, 0.15) is 5.69 Å². The molecule has 1 saturated carbocycles. The summed E-state index contributed by atoms with van der Waals surface area (Å²) in [6.07, 6.45) is 6.21. The third kappa shape index (κ3) is 2.87. The van der Waals surface area contributed by atoms with E-state index in [4.69, 9.17) is 14.2 Å². The fourth-order valence-electron chi connectivity index (χ4n) is 3.06. The maximum atomic E-state index is 5.76. The number of methoxy groups -OCH3 is 1. The summed E-state index contributed by atoms with van der Waals surface area (Å²) in [5.41, 5.74) is 0.891. The molecule has 0 N–H and O–H groups in total. The average molecular weight is 281 g/mol. The molecular weight excluding hydrogens is 258 g/mol. The minimum absolute atomic E-state index is 0.00124. The van der Waals surface area contributed by atoms with E-state index in [2.05, 4.69) is 10.3 Å². The second-order valence-corrected chi connectivity index (χ2v) is 5.79. The molecule has 1 saturated heterocycles. The molecule has 1 aliphatic carbocycles. The molecule has 6 heteroatoms. The normalized spacial score (nSPS) is 24.3. The van der Waals surface area contributed by atoms with Crippen molar-refractivity contribution < 1.29 is 14.2 Å². The highest BCUT2D eigenvalue weighted by molar-refractivity contribution is 4.96. The minimum atomic E-state index is -0.269. The Morgan fingerprint density at radius 1 is 1.40 bits per heavy atom. The molecule has 112 valence electrons. The molecule has 0 amide bonds. The van der Waals surface area contributed by atoms with Crippen LogP contribution in [0.1, 0.15) is 44.4 Å². The third-order valence-electron chi connectivity index (χ3n) is 4.45. The molecule has 3 rings (SSSR count). The smallest absolute Gasteiger partial charge is 0.168 e. The summed E-state index contributed by atoms with van der Waals surface area (Å²) in [5.74, 6) is 0.357. The Morgan fingerprint density at radius 2 is 2.10 bits per heavy atom.